The number of H-pyrrole nitrogens is 1. The Morgan fingerprint density at radius 3 is 2.11 bits per heavy atom. The van der Waals surface area contributed by atoms with E-state index in [-0.39, 0.29) is 56.3 Å². The molecule has 5 heterocycles. The number of hydrogen-bond donors (Lipinski definition) is 13. The molecule has 0 aliphatic carbocycles. The van der Waals surface area contributed by atoms with E-state index >= 15 is 9.59 Å². The molecule has 29 nitrogen and oxygen atoms in total. The summed E-state index contributed by atoms with van der Waals surface area (Å²) < 4.78 is 0. The molecule has 2 aromatic carbocycles. The van der Waals surface area contributed by atoms with E-state index in [9.17, 15) is 72.9 Å². The van der Waals surface area contributed by atoms with Crippen LogP contribution < -0.4 is 47.9 Å². The molecule has 2 bridgehead atoms. The Bertz CT molecular complexity index is 3400. The lowest BCUT2D eigenvalue weighted by molar-refractivity contribution is -0.145. The highest BCUT2D eigenvalue weighted by atomic mass is 32.2. The third kappa shape index (κ3) is 19.5. The smallest absolute Gasteiger partial charge is 0.246 e. The molecule has 13 N–H and O–H groups in total. The van der Waals surface area contributed by atoms with Crippen molar-refractivity contribution in [1.82, 2.24) is 57.3 Å². The number of benzene rings is 2. The highest BCUT2D eigenvalue weighted by Gasteiger charge is 2.46. The quantitative estimate of drug-likeness (QED) is 0.0629. The van der Waals surface area contributed by atoms with Gasteiger partial charge in [-0.25, -0.2) is 0 Å². The summed E-state index contributed by atoms with van der Waals surface area (Å²) in [7, 11) is 0. The topological polar surface area (TPSA) is 430 Å². The molecular weight excluding hydrogens is 1270 g/mol. The zero-order valence-electron chi connectivity index (χ0n) is 54.1. The van der Waals surface area contributed by atoms with Crippen molar-refractivity contribution >= 4 is 123 Å². The summed E-state index contributed by atoms with van der Waals surface area (Å²) in [6, 6.07) is 5.19. The van der Waals surface area contributed by atoms with E-state index < -0.39 is 199 Å². The van der Waals surface area contributed by atoms with Crippen LogP contribution in [0.1, 0.15) is 97.6 Å². The summed E-state index contributed by atoms with van der Waals surface area (Å²) >= 11 is 2.31. The van der Waals surface area contributed by atoms with E-state index in [0.717, 1.165) is 21.6 Å². The van der Waals surface area contributed by atoms with Crippen molar-refractivity contribution in [1.29, 1.82) is 0 Å². The van der Waals surface area contributed by atoms with Crippen molar-refractivity contribution < 1.29 is 82.4 Å². The third-order valence-corrected chi connectivity index (χ3v) is 19.7. The lowest BCUT2D eigenvalue weighted by Crippen LogP contribution is -2.56. The molecule has 1 aromatic heterocycles. The van der Waals surface area contributed by atoms with E-state index in [1.165, 1.54) is 37.7 Å². The van der Waals surface area contributed by atoms with Crippen molar-refractivity contribution in [2.24, 2.45) is 29.6 Å². The Morgan fingerprint density at radius 2 is 1.44 bits per heavy atom. The molecular formula is C64H86N12O17S2. The molecule has 4 aliphatic heterocycles. The Morgan fingerprint density at radius 1 is 0.758 bits per heavy atom. The van der Waals surface area contributed by atoms with Crippen LogP contribution in [-0.2, 0) is 80.1 Å². The maximum Gasteiger partial charge on any atom is 0.246 e. The SMILES string of the molecule is CC[C@H](C)[C@@H]1NC(=O)CNC(=O)[C@H]2CC(=O)[C@H]([C@@H](C)[C@@H](O)CO)NC(=O)[C@@H]3C[C@@H](O)CN3C(=O)[C@H](CC(=O)NCc3ccc(NC(=O)[C@H](C)NC(=O)C(NC(=O)CCN4C(=O)CC(SC)C4=O)C(C)C)cc3)CC(=O)[C@H](CSc3[nH]c4ccccc4c3C2)NC(=O)CNC1=O. The number of fused-ring (bicyclic) bond motifs is 5. The molecule has 516 valence electrons. The number of thioether (sulfide) groups is 2. The van der Waals surface area contributed by atoms with Crippen LogP contribution in [0.2, 0.25) is 0 Å². The minimum Gasteiger partial charge on any atom is -0.394 e. The van der Waals surface area contributed by atoms with Gasteiger partial charge in [-0.05, 0) is 60.8 Å². The van der Waals surface area contributed by atoms with Gasteiger partial charge in [-0.3, -0.25) is 72.0 Å². The largest absolute Gasteiger partial charge is 0.394 e. The molecule has 2 fully saturated rings. The number of carbonyl (C=O) groups is 14. The van der Waals surface area contributed by atoms with Crippen LogP contribution in [0.5, 0.6) is 0 Å². The lowest BCUT2D eigenvalue weighted by Gasteiger charge is -2.32. The molecule has 0 saturated carbocycles. The number of nitrogens with one attached hydrogen (secondary N) is 10. The maximum absolute atomic E-state index is 15.1. The molecule has 95 heavy (non-hydrogen) atoms. The van der Waals surface area contributed by atoms with Gasteiger partial charge < -0.3 is 73.1 Å². The molecule has 3 aromatic rings. The first-order valence-electron chi connectivity index (χ1n) is 31.7. The fourth-order valence-electron chi connectivity index (χ4n) is 11.7. The number of amides is 12. The highest BCUT2D eigenvalue weighted by Crippen LogP contribution is 2.35. The van der Waals surface area contributed by atoms with Crippen molar-refractivity contribution in [3.8, 4) is 0 Å². The van der Waals surface area contributed by atoms with Gasteiger partial charge in [-0.15, -0.1) is 11.8 Å². The summed E-state index contributed by atoms with van der Waals surface area (Å²) in [6.45, 7) is 6.72. The number of carbonyl (C=O) groups excluding carboxylic acids is 14. The zero-order valence-corrected chi connectivity index (χ0v) is 55.7. The summed E-state index contributed by atoms with van der Waals surface area (Å²) in [5.41, 5.74) is 1.86. The van der Waals surface area contributed by atoms with Crippen molar-refractivity contribution in [3.05, 3.63) is 59.7 Å². The number of hydrogen-bond acceptors (Lipinski definition) is 19. The number of aromatic amines is 1. The van der Waals surface area contributed by atoms with E-state index in [1.54, 1.807) is 70.3 Å². The molecule has 13 atom stereocenters. The van der Waals surface area contributed by atoms with Crippen LogP contribution in [0.25, 0.3) is 10.9 Å². The van der Waals surface area contributed by atoms with Gasteiger partial charge in [0.05, 0.1) is 60.2 Å². The second-order valence-corrected chi connectivity index (χ2v) is 27.0. The van der Waals surface area contributed by atoms with Crippen LogP contribution in [-0.4, -0.2) is 211 Å². The second-order valence-electron chi connectivity index (χ2n) is 25.0. The number of para-hydroxylation sites is 1. The van der Waals surface area contributed by atoms with E-state index in [2.05, 4.69) is 52.8 Å². The molecule has 12 amide bonds. The van der Waals surface area contributed by atoms with E-state index in [0.29, 0.717) is 39.2 Å². The number of Topliss-reactive ketones (excluding diaryl/α,β-unsaturated/α-hetero) is 2. The Kier molecular flexibility index (Phi) is 26.5. The summed E-state index contributed by atoms with van der Waals surface area (Å²) in [5.74, 6) is -15.3. The minimum atomic E-state index is -1.63. The monoisotopic (exact) mass is 1360 g/mol. The van der Waals surface area contributed by atoms with Crippen LogP contribution in [0, 0.1) is 29.6 Å². The van der Waals surface area contributed by atoms with Crippen LogP contribution in [0.4, 0.5) is 5.69 Å². The number of imide groups is 1. The molecule has 0 spiro atoms. The van der Waals surface area contributed by atoms with Crippen molar-refractivity contribution in [2.75, 3.05) is 50.1 Å². The lowest BCUT2D eigenvalue weighted by atomic mass is 9.85. The van der Waals surface area contributed by atoms with Gasteiger partial charge in [-0.1, -0.05) is 71.4 Å². The number of aliphatic hydroxyl groups is 3. The van der Waals surface area contributed by atoms with Gasteiger partial charge in [0.25, 0.3) is 0 Å². The number of nitrogens with zero attached hydrogens (tertiary/aromatic N) is 2. The molecule has 7 rings (SSSR count). The number of rotatable bonds is 19. The first kappa shape index (κ1) is 74.1. The molecule has 2 unspecified atom stereocenters. The van der Waals surface area contributed by atoms with Crippen molar-refractivity contribution in [3.63, 3.8) is 0 Å². The van der Waals surface area contributed by atoms with Gasteiger partial charge in [0.1, 0.15) is 24.2 Å². The Hall–Kier alpha value is -8.26. The van der Waals surface area contributed by atoms with Gasteiger partial charge in [-0.2, -0.15) is 11.8 Å². The van der Waals surface area contributed by atoms with Gasteiger partial charge in [0, 0.05) is 92.3 Å². The third-order valence-electron chi connectivity index (χ3n) is 17.7. The fraction of sp³-hybridized carbons (Fsp3) is 0.562. The predicted octanol–water partition coefficient (Wildman–Crippen LogP) is -1.16. The highest BCUT2D eigenvalue weighted by molar-refractivity contribution is 8.00. The summed E-state index contributed by atoms with van der Waals surface area (Å²) in [6.07, 6.45) is -3.64. The summed E-state index contributed by atoms with van der Waals surface area (Å²) in [5, 5.41) is 56.5. The molecule has 2 saturated heterocycles. The first-order valence-corrected chi connectivity index (χ1v) is 34.0. The number of ketones is 2. The zero-order chi connectivity index (χ0) is 69.5. The standard InChI is InChI=1S/C64H86N12O17S2/c1-8-32(4)55-60(90)67-26-51(84)70-43-30-95-62-41(40-11-9-10-12-42(40)71-62)19-36(58(88)66-27-52(85)73-55)20-46(80)56(33(5)47(81)29-77)74-59(89)44-23-39(78)28-76(44)63(92)37(21-45(43)79)22-50(83)65-25-35-13-15-38(16-14-35)69-57(87)34(6)68-61(91)54(31(2)3)72-49(82)17-18-75-53(86)24-48(94-7)64(75)93/h9-16,31-34,36-37,39,43-44,47-48,54-56,71,77-78,81H,8,17-30H2,1-7H3,(H,65,83)(H,66,88)(H,67,90)(H,68,91)(H,69,87)(H,70,84)(H,72,82)(H,73,85)(H,74,89)/t32-,33-,34-,36+,37-,39+,43-,44-,47-,48?,54?,55-,56-/m0/s1. The maximum atomic E-state index is 15.1. The van der Waals surface area contributed by atoms with Gasteiger partial charge >= 0.3 is 0 Å². The molecule has 31 heteroatoms. The molecule has 0 radical (unpaired) electrons. The van der Waals surface area contributed by atoms with Crippen LogP contribution in [0.3, 0.4) is 0 Å². The Balaban J connectivity index is 1.13. The normalized spacial score (nSPS) is 24.6. The predicted molar refractivity (Wildman–Crippen MR) is 348 cm³/mol. The Labute approximate surface area is 557 Å². The first-order chi connectivity index (χ1) is 45.1. The molecule has 4 aliphatic rings. The van der Waals surface area contributed by atoms with E-state index in [1.807, 2.05) is 0 Å². The number of aliphatic hydroxyl groups excluding tert-OH is 3. The number of anilines is 1. The van der Waals surface area contributed by atoms with Gasteiger partial charge in [0.15, 0.2) is 11.6 Å². The second kappa shape index (κ2) is 33.9. The van der Waals surface area contributed by atoms with E-state index in [4.69, 9.17) is 0 Å². The average Bonchev–Trinajstić information content (AvgIpc) is 1.70. The van der Waals surface area contributed by atoms with Crippen molar-refractivity contribution in [2.45, 2.75) is 158 Å². The summed E-state index contributed by atoms with van der Waals surface area (Å²) in [4.78, 5) is 200. The fourth-order valence-corrected chi connectivity index (χ4v) is 13.5. The number of likely N-dealkylation sites (tertiary alicyclic amines) is 1. The van der Waals surface area contributed by atoms with Gasteiger partial charge in [0.2, 0.25) is 70.9 Å². The average molecular weight is 1360 g/mol. The minimum absolute atomic E-state index is 0.0439. The van der Waals surface area contributed by atoms with Crippen LogP contribution >= 0.6 is 23.5 Å². The number of aromatic nitrogens is 1. The van der Waals surface area contributed by atoms with Crippen LogP contribution in [0.15, 0.2) is 53.6 Å².